The Morgan fingerprint density at radius 3 is 2.42 bits per heavy atom. The van der Waals surface area contributed by atoms with Crippen LogP contribution in [0.1, 0.15) is 33.1 Å². The van der Waals surface area contributed by atoms with Crippen LogP contribution in [-0.2, 0) is 0 Å². The lowest BCUT2D eigenvalue weighted by Crippen LogP contribution is -2.20. The molecule has 0 saturated carbocycles. The first-order valence-corrected chi connectivity index (χ1v) is 7.23. The Hall–Kier alpha value is -1.13. The van der Waals surface area contributed by atoms with Gasteiger partial charge in [-0.15, -0.1) is 0 Å². The molecule has 1 rings (SSSR count). The number of benzene rings is 1. The lowest BCUT2D eigenvalue weighted by atomic mass is 9.99. The summed E-state index contributed by atoms with van der Waals surface area (Å²) in [5.74, 6) is 1.15. The van der Waals surface area contributed by atoms with E-state index >= 15 is 0 Å². The molecule has 0 spiro atoms. The number of amidine groups is 1. The highest BCUT2D eigenvalue weighted by molar-refractivity contribution is 7.80. The molecule has 0 radical (unpaired) electrons. The van der Waals surface area contributed by atoms with Crippen molar-refractivity contribution < 1.29 is 0 Å². The lowest BCUT2D eigenvalue weighted by molar-refractivity contribution is 0.511. The van der Waals surface area contributed by atoms with Gasteiger partial charge < -0.3 is 11.1 Å². The third-order valence-corrected chi connectivity index (χ3v) is 3.44. The van der Waals surface area contributed by atoms with Crippen LogP contribution in [0, 0.1) is 5.92 Å². The first-order valence-electron chi connectivity index (χ1n) is 6.44. The van der Waals surface area contributed by atoms with Gasteiger partial charge in [-0.25, -0.2) is 4.99 Å². The van der Waals surface area contributed by atoms with E-state index in [1.54, 1.807) is 12.1 Å². The molecule has 1 aromatic carbocycles. The molecule has 0 bridgehead atoms. The second-order valence-electron chi connectivity index (χ2n) is 4.43. The summed E-state index contributed by atoms with van der Waals surface area (Å²) in [6.07, 6.45) is 2.99. The highest BCUT2D eigenvalue weighted by Crippen LogP contribution is 2.14. The molecule has 0 atom stereocenters. The van der Waals surface area contributed by atoms with Crippen LogP contribution in [0.2, 0.25) is 5.02 Å². The molecular formula is C14H20ClN3S. The van der Waals surface area contributed by atoms with Crippen LogP contribution in [-0.4, -0.2) is 10.9 Å². The van der Waals surface area contributed by atoms with Crippen molar-refractivity contribution in [2.75, 3.05) is 5.32 Å². The average Bonchev–Trinajstić information content (AvgIpc) is 2.38. The van der Waals surface area contributed by atoms with E-state index in [0.717, 1.165) is 24.9 Å². The Balaban J connectivity index is 2.56. The third kappa shape index (κ3) is 6.03. The molecule has 0 heterocycles. The molecule has 3 nitrogen and oxygen atoms in total. The number of thiocarbonyl (C=S) groups is 1. The number of nitrogens with two attached hydrogens (primary N) is 1. The van der Waals surface area contributed by atoms with Crippen molar-refractivity contribution in [2.24, 2.45) is 16.6 Å². The Bertz CT molecular complexity index is 439. The molecule has 0 saturated heterocycles. The number of anilines is 1. The van der Waals surface area contributed by atoms with Gasteiger partial charge in [0.05, 0.1) is 0 Å². The van der Waals surface area contributed by atoms with Crippen molar-refractivity contribution in [3.05, 3.63) is 29.3 Å². The molecular weight excluding hydrogens is 278 g/mol. The summed E-state index contributed by atoms with van der Waals surface area (Å²) < 4.78 is 0. The fraction of sp³-hybridized carbons (Fsp3) is 0.429. The van der Waals surface area contributed by atoms with Gasteiger partial charge in [0.1, 0.15) is 5.84 Å². The zero-order valence-electron chi connectivity index (χ0n) is 11.3. The summed E-state index contributed by atoms with van der Waals surface area (Å²) in [6.45, 7) is 4.32. The van der Waals surface area contributed by atoms with E-state index in [1.807, 2.05) is 12.1 Å². The van der Waals surface area contributed by atoms with E-state index in [4.69, 9.17) is 29.6 Å². The molecule has 0 unspecified atom stereocenters. The molecule has 0 aliphatic carbocycles. The van der Waals surface area contributed by atoms with Crippen molar-refractivity contribution in [1.82, 2.24) is 0 Å². The SMILES string of the molecule is CCC(CC)CC(N)=NC(=S)Nc1ccc(Cl)cc1. The Labute approximate surface area is 125 Å². The zero-order chi connectivity index (χ0) is 14.3. The number of nitrogens with one attached hydrogen (secondary N) is 1. The maximum absolute atomic E-state index is 5.91. The molecule has 0 aromatic heterocycles. The summed E-state index contributed by atoms with van der Waals surface area (Å²) >= 11 is 11.0. The fourth-order valence-electron chi connectivity index (χ4n) is 1.73. The van der Waals surface area contributed by atoms with Crippen LogP contribution in [0.15, 0.2) is 29.3 Å². The van der Waals surface area contributed by atoms with Gasteiger partial charge in [0.25, 0.3) is 0 Å². The molecule has 0 fully saturated rings. The monoisotopic (exact) mass is 297 g/mol. The number of nitrogens with zero attached hydrogens (tertiary/aromatic N) is 1. The normalized spacial score (nSPS) is 11.7. The highest BCUT2D eigenvalue weighted by Gasteiger charge is 2.06. The van der Waals surface area contributed by atoms with Crippen molar-refractivity contribution in [1.29, 1.82) is 0 Å². The van der Waals surface area contributed by atoms with Gasteiger partial charge >= 0.3 is 0 Å². The molecule has 104 valence electrons. The second kappa shape index (κ2) is 8.12. The predicted octanol–water partition coefficient (Wildman–Crippen LogP) is 4.22. The Kier molecular flexibility index (Phi) is 6.81. The summed E-state index contributed by atoms with van der Waals surface area (Å²) in [5.41, 5.74) is 6.76. The molecule has 0 amide bonds. The van der Waals surface area contributed by atoms with Gasteiger partial charge in [-0.2, -0.15) is 0 Å². The molecule has 5 heteroatoms. The van der Waals surface area contributed by atoms with Crippen LogP contribution < -0.4 is 11.1 Å². The quantitative estimate of drug-likeness (QED) is 0.486. The molecule has 0 aliphatic heterocycles. The lowest BCUT2D eigenvalue weighted by Gasteiger charge is -2.11. The van der Waals surface area contributed by atoms with E-state index < -0.39 is 0 Å². The third-order valence-electron chi connectivity index (χ3n) is 2.99. The molecule has 3 N–H and O–H groups in total. The minimum absolute atomic E-state index is 0.380. The van der Waals surface area contributed by atoms with Crippen LogP contribution >= 0.6 is 23.8 Å². The number of halogens is 1. The summed E-state index contributed by atoms with van der Waals surface area (Å²) in [6, 6.07) is 7.29. The number of rotatable bonds is 5. The number of hydrogen-bond acceptors (Lipinski definition) is 1. The Morgan fingerprint density at radius 2 is 1.89 bits per heavy atom. The minimum atomic E-state index is 0.380. The maximum atomic E-state index is 5.91. The largest absolute Gasteiger partial charge is 0.387 e. The van der Waals surface area contributed by atoms with Crippen LogP contribution in [0.3, 0.4) is 0 Å². The average molecular weight is 298 g/mol. The summed E-state index contributed by atoms with van der Waals surface area (Å²) in [5, 5.41) is 4.08. The first-order chi connectivity index (χ1) is 9.05. The van der Waals surface area contributed by atoms with Crippen molar-refractivity contribution in [3.8, 4) is 0 Å². The van der Waals surface area contributed by atoms with E-state index in [0.29, 0.717) is 21.9 Å². The van der Waals surface area contributed by atoms with E-state index in [9.17, 15) is 0 Å². The van der Waals surface area contributed by atoms with Crippen LogP contribution in [0.5, 0.6) is 0 Å². The smallest absolute Gasteiger partial charge is 0.198 e. The first kappa shape index (κ1) is 15.9. The van der Waals surface area contributed by atoms with Gasteiger partial charge in [-0.05, 0) is 42.4 Å². The van der Waals surface area contributed by atoms with Gasteiger partial charge in [0.2, 0.25) is 0 Å². The number of hydrogen-bond donors (Lipinski definition) is 2. The van der Waals surface area contributed by atoms with Crippen molar-refractivity contribution in [2.45, 2.75) is 33.1 Å². The van der Waals surface area contributed by atoms with Gasteiger partial charge in [-0.1, -0.05) is 38.3 Å². The van der Waals surface area contributed by atoms with Crippen molar-refractivity contribution >= 4 is 40.5 Å². The van der Waals surface area contributed by atoms with E-state index in [-0.39, 0.29) is 0 Å². The van der Waals surface area contributed by atoms with Crippen molar-refractivity contribution in [3.63, 3.8) is 0 Å². The number of aliphatic imine (C=N–C) groups is 1. The second-order valence-corrected chi connectivity index (χ2v) is 5.25. The summed E-state index contributed by atoms with van der Waals surface area (Å²) in [4.78, 5) is 4.21. The molecule has 1 aromatic rings. The van der Waals surface area contributed by atoms with E-state index in [1.165, 1.54) is 0 Å². The molecule has 19 heavy (non-hydrogen) atoms. The fourth-order valence-corrected chi connectivity index (χ4v) is 2.09. The Morgan fingerprint density at radius 1 is 1.32 bits per heavy atom. The topological polar surface area (TPSA) is 50.4 Å². The highest BCUT2D eigenvalue weighted by atomic mass is 35.5. The summed E-state index contributed by atoms with van der Waals surface area (Å²) in [7, 11) is 0. The molecule has 0 aliphatic rings. The van der Waals surface area contributed by atoms with Gasteiger partial charge in [0, 0.05) is 17.1 Å². The maximum Gasteiger partial charge on any atom is 0.198 e. The standard InChI is InChI=1S/C14H20ClN3S/c1-3-10(4-2)9-13(16)18-14(19)17-12-7-5-11(15)6-8-12/h5-8,10H,3-4,9H2,1-2H3,(H3,16,17,18,19). The minimum Gasteiger partial charge on any atom is -0.387 e. The van der Waals surface area contributed by atoms with Crippen LogP contribution in [0.25, 0.3) is 0 Å². The van der Waals surface area contributed by atoms with Crippen LogP contribution in [0.4, 0.5) is 5.69 Å². The van der Waals surface area contributed by atoms with E-state index in [2.05, 4.69) is 24.2 Å². The predicted molar refractivity (Wildman–Crippen MR) is 88.0 cm³/mol. The van der Waals surface area contributed by atoms with Gasteiger partial charge in [0.15, 0.2) is 5.11 Å². The van der Waals surface area contributed by atoms with Gasteiger partial charge in [-0.3, -0.25) is 0 Å². The zero-order valence-corrected chi connectivity index (χ0v) is 12.9.